The Hall–Kier alpha value is -2.02. The average molecular weight is 324 g/mol. The highest BCUT2D eigenvalue weighted by Crippen LogP contribution is 2.21. The highest BCUT2D eigenvalue weighted by atomic mass is 19.3. The number of benzene rings is 1. The lowest BCUT2D eigenvalue weighted by atomic mass is 10.1. The zero-order chi connectivity index (χ0) is 16.4. The van der Waals surface area contributed by atoms with E-state index in [-0.39, 0.29) is 30.7 Å². The van der Waals surface area contributed by atoms with E-state index in [0.29, 0.717) is 5.56 Å². The molecule has 3 rings (SSSR count). The van der Waals surface area contributed by atoms with Crippen molar-refractivity contribution in [3.63, 3.8) is 0 Å². The number of hydrogen-bond acceptors (Lipinski definition) is 3. The lowest BCUT2D eigenvalue weighted by molar-refractivity contribution is -0.0660. The van der Waals surface area contributed by atoms with E-state index in [4.69, 9.17) is 4.74 Å². The Morgan fingerprint density at radius 1 is 1.26 bits per heavy atom. The molecule has 2 amide bonds. The summed E-state index contributed by atoms with van der Waals surface area (Å²) >= 11 is 0. The van der Waals surface area contributed by atoms with Crippen molar-refractivity contribution in [1.29, 1.82) is 0 Å². The van der Waals surface area contributed by atoms with Gasteiger partial charge >= 0.3 is 0 Å². The third-order valence-electron chi connectivity index (χ3n) is 3.81. The predicted molar refractivity (Wildman–Crippen MR) is 78.6 cm³/mol. The maximum Gasteiger partial charge on any atom is 0.288 e. The van der Waals surface area contributed by atoms with Gasteiger partial charge in [0.1, 0.15) is 6.61 Å². The molecule has 0 unspecified atom stereocenters. The van der Waals surface area contributed by atoms with Crippen LogP contribution in [0.4, 0.5) is 8.78 Å². The van der Waals surface area contributed by atoms with Crippen LogP contribution in [-0.2, 0) is 4.74 Å². The van der Waals surface area contributed by atoms with E-state index in [1.54, 1.807) is 12.1 Å². The highest BCUT2D eigenvalue weighted by Gasteiger charge is 2.36. The van der Waals surface area contributed by atoms with Crippen molar-refractivity contribution in [3.05, 3.63) is 35.4 Å². The second-order valence-electron chi connectivity index (χ2n) is 5.96. The topological polar surface area (TPSA) is 58.6 Å². The summed E-state index contributed by atoms with van der Waals surface area (Å²) in [6.07, 6.45) is 1.93. The van der Waals surface area contributed by atoms with Crippen molar-refractivity contribution >= 4 is 11.8 Å². The van der Waals surface area contributed by atoms with E-state index >= 15 is 0 Å². The van der Waals surface area contributed by atoms with E-state index in [1.807, 2.05) is 0 Å². The Morgan fingerprint density at radius 2 is 2.00 bits per heavy atom. The van der Waals surface area contributed by atoms with Crippen LogP contribution in [0, 0.1) is 0 Å². The van der Waals surface area contributed by atoms with Gasteiger partial charge < -0.3 is 15.0 Å². The highest BCUT2D eigenvalue weighted by molar-refractivity contribution is 5.99. The Balaban J connectivity index is 1.74. The maximum atomic E-state index is 13.6. The summed E-state index contributed by atoms with van der Waals surface area (Å²) < 4.78 is 32.0. The number of halogens is 2. The van der Waals surface area contributed by atoms with Gasteiger partial charge in [0, 0.05) is 23.7 Å². The first kappa shape index (κ1) is 15.9. The van der Waals surface area contributed by atoms with Crippen LogP contribution in [0.15, 0.2) is 24.3 Å². The Kier molecular flexibility index (Phi) is 4.30. The lowest BCUT2D eigenvalue weighted by Gasteiger charge is -2.23. The van der Waals surface area contributed by atoms with E-state index in [2.05, 4.69) is 5.32 Å². The molecule has 1 heterocycles. The number of alkyl halides is 2. The number of hydrogen-bond donors (Lipinski definition) is 1. The minimum Gasteiger partial charge on any atom is -0.373 e. The number of amides is 2. The van der Waals surface area contributed by atoms with Gasteiger partial charge in [0.05, 0.1) is 13.2 Å². The van der Waals surface area contributed by atoms with Crippen LogP contribution in [0.1, 0.15) is 33.6 Å². The SMILES string of the molecule is O=C(NC1CC1)c1cccc(C(=O)N2CCOCC(F)(F)C2)c1. The van der Waals surface area contributed by atoms with E-state index in [1.165, 1.54) is 12.1 Å². The molecule has 0 spiro atoms. The van der Waals surface area contributed by atoms with Gasteiger partial charge in [-0.15, -0.1) is 0 Å². The lowest BCUT2D eigenvalue weighted by Crippen LogP contribution is -2.41. The van der Waals surface area contributed by atoms with E-state index in [0.717, 1.165) is 17.7 Å². The summed E-state index contributed by atoms with van der Waals surface area (Å²) in [7, 11) is 0. The fourth-order valence-electron chi connectivity index (χ4n) is 2.45. The fraction of sp³-hybridized carbons (Fsp3) is 0.500. The van der Waals surface area contributed by atoms with E-state index in [9.17, 15) is 18.4 Å². The Labute approximate surface area is 132 Å². The Morgan fingerprint density at radius 3 is 2.74 bits per heavy atom. The molecule has 1 saturated carbocycles. The molecule has 124 valence electrons. The van der Waals surface area contributed by atoms with Crippen molar-refractivity contribution < 1.29 is 23.1 Å². The van der Waals surface area contributed by atoms with Gasteiger partial charge in [0.25, 0.3) is 17.7 Å². The van der Waals surface area contributed by atoms with Crippen molar-refractivity contribution in [3.8, 4) is 0 Å². The molecule has 1 aliphatic heterocycles. The number of rotatable bonds is 3. The third-order valence-corrected chi connectivity index (χ3v) is 3.81. The molecule has 0 radical (unpaired) electrons. The number of carbonyl (C=O) groups excluding carboxylic acids is 2. The molecule has 2 aliphatic rings. The van der Waals surface area contributed by atoms with Crippen LogP contribution in [0.25, 0.3) is 0 Å². The molecule has 23 heavy (non-hydrogen) atoms. The van der Waals surface area contributed by atoms with Gasteiger partial charge in [0.15, 0.2) is 0 Å². The molecule has 1 saturated heterocycles. The smallest absolute Gasteiger partial charge is 0.288 e. The van der Waals surface area contributed by atoms with Crippen molar-refractivity contribution in [2.24, 2.45) is 0 Å². The summed E-state index contributed by atoms with van der Waals surface area (Å²) in [6.45, 7) is -1.18. The molecule has 0 aromatic heterocycles. The van der Waals surface area contributed by atoms with Crippen LogP contribution in [-0.4, -0.2) is 55.0 Å². The molecule has 1 N–H and O–H groups in total. The minimum absolute atomic E-state index is 0.0726. The maximum absolute atomic E-state index is 13.6. The third kappa shape index (κ3) is 4.04. The summed E-state index contributed by atoms with van der Waals surface area (Å²) in [6, 6.07) is 6.38. The zero-order valence-corrected chi connectivity index (χ0v) is 12.6. The number of nitrogens with zero attached hydrogens (tertiary/aromatic N) is 1. The summed E-state index contributed by atoms with van der Waals surface area (Å²) in [5.41, 5.74) is 0.590. The van der Waals surface area contributed by atoms with Gasteiger partial charge in [0.2, 0.25) is 0 Å². The van der Waals surface area contributed by atoms with Crippen LogP contribution < -0.4 is 5.32 Å². The first-order valence-corrected chi connectivity index (χ1v) is 7.60. The first-order chi connectivity index (χ1) is 10.9. The molecule has 0 atom stereocenters. The van der Waals surface area contributed by atoms with Crippen LogP contribution in [0.3, 0.4) is 0 Å². The van der Waals surface area contributed by atoms with Gasteiger partial charge in [-0.05, 0) is 31.0 Å². The van der Waals surface area contributed by atoms with Gasteiger partial charge in [-0.3, -0.25) is 9.59 Å². The fourth-order valence-corrected chi connectivity index (χ4v) is 2.45. The summed E-state index contributed by atoms with van der Waals surface area (Å²) in [5.74, 6) is -3.82. The van der Waals surface area contributed by atoms with Gasteiger partial charge in [-0.25, -0.2) is 8.78 Å². The normalized spacial score (nSPS) is 20.7. The van der Waals surface area contributed by atoms with Crippen molar-refractivity contribution in [1.82, 2.24) is 10.2 Å². The minimum atomic E-state index is -3.06. The second-order valence-corrected chi connectivity index (χ2v) is 5.96. The Bertz CT molecular complexity index is 617. The van der Waals surface area contributed by atoms with E-state index < -0.39 is 25.0 Å². The molecule has 7 heteroatoms. The van der Waals surface area contributed by atoms with Crippen LogP contribution in [0.5, 0.6) is 0 Å². The number of ether oxygens (including phenoxy) is 1. The van der Waals surface area contributed by atoms with Gasteiger partial charge in [-0.1, -0.05) is 6.07 Å². The number of nitrogens with one attached hydrogen (secondary N) is 1. The molecular formula is C16H18F2N2O3. The standard InChI is InChI=1S/C16H18F2N2O3/c17-16(18)9-20(6-7-23-10-16)15(22)12-3-1-2-11(8-12)14(21)19-13-4-5-13/h1-3,8,13H,4-7,9-10H2,(H,19,21). The van der Waals surface area contributed by atoms with Crippen molar-refractivity contribution in [2.45, 2.75) is 24.8 Å². The average Bonchev–Trinajstić information content (AvgIpc) is 3.34. The number of carbonyl (C=O) groups is 2. The first-order valence-electron chi connectivity index (χ1n) is 7.60. The van der Waals surface area contributed by atoms with Gasteiger partial charge in [-0.2, -0.15) is 0 Å². The molecular weight excluding hydrogens is 306 g/mol. The summed E-state index contributed by atoms with van der Waals surface area (Å²) in [5, 5.41) is 2.84. The quantitative estimate of drug-likeness (QED) is 0.920. The molecule has 5 nitrogen and oxygen atoms in total. The molecule has 1 aliphatic carbocycles. The second kappa shape index (κ2) is 6.23. The molecule has 0 bridgehead atoms. The monoisotopic (exact) mass is 324 g/mol. The molecule has 1 aromatic rings. The predicted octanol–water partition coefficient (Wildman–Crippen LogP) is 1.69. The zero-order valence-electron chi connectivity index (χ0n) is 12.6. The molecule has 2 fully saturated rings. The molecule has 1 aromatic carbocycles. The van der Waals surface area contributed by atoms with Crippen LogP contribution in [0.2, 0.25) is 0 Å². The summed E-state index contributed by atoms with van der Waals surface area (Å²) in [4.78, 5) is 25.6. The van der Waals surface area contributed by atoms with Crippen molar-refractivity contribution in [2.75, 3.05) is 26.3 Å². The van der Waals surface area contributed by atoms with Crippen LogP contribution >= 0.6 is 0 Å². The largest absolute Gasteiger partial charge is 0.373 e.